The zero-order valence-corrected chi connectivity index (χ0v) is 23.0. The summed E-state index contributed by atoms with van der Waals surface area (Å²) in [5, 5.41) is 4.40. The van der Waals surface area contributed by atoms with Crippen molar-refractivity contribution in [3.05, 3.63) is 139 Å². The van der Waals surface area contributed by atoms with Crippen molar-refractivity contribution in [3.8, 4) is 33.8 Å². The normalized spacial score (nSPS) is 11.6. The van der Waals surface area contributed by atoms with E-state index in [1.54, 1.807) is 0 Å². The van der Waals surface area contributed by atoms with E-state index in [0.717, 1.165) is 66.8 Å². The van der Waals surface area contributed by atoms with E-state index in [1.807, 2.05) is 23.9 Å². The molecule has 0 spiro atoms. The minimum Gasteiger partial charge on any atom is -0.456 e. The van der Waals surface area contributed by atoms with Crippen LogP contribution in [0.15, 0.2) is 137 Å². The SMILES string of the molecule is [c]1[nH]c(-c2ccccc2SCc2ccccc2)c2c(-c3cc4ccccc4o3)c(-c3cc4ccccc4[nH]3)ccc12. The maximum Gasteiger partial charge on any atom is 0.136 e. The average Bonchev–Trinajstić information content (AvgIpc) is 3.76. The van der Waals surface area contributed by atoms with Crippen LogP contribution in [-0.2, 0) is 5.75 Å². The maximum atomic E-state index is 6.55. The van der Waals surface area contributed by atoms with Crippen LogP contribution < -0.4 is 0 Å². The molecule has 2 N–H and O–H groups in total. The van der Waals surface area contributed by atoms with Crippen molar-refractivity contribution in [1.29, 1.82) is 0 Å². The quantitative estimate of drug-likeness (QED) is 0.204. The van der Waals surface area contributed by atoms with Crippen molar-refractivity contribution < 1.29 is 4.42 Å². The summed E-state index contributed by atoms with van der Waals surface area (Å²) in [6.45, 7) is 0. The Morgan fingerprint density at radius 1 is 0.683 bits per heavy atom. The van der Waals surface area contributed by atoms with Crippen LogP contribution in [0.5, 0.6) is 0 Å². The second-order valence-corrected chi connectivity index (χ2v) is 11.2. The molecule has 5 aromatic carbocycles. The van der Waals surface area contributed by atoms with Gasteiger partial charge in [0.2, 0.25) is 0 Å². The molecule has 41 heavy (non-hydrogen) atoms. The molecule has 0 atom stereocenters. The van der Waals surface area contributed by atoms with Crippen molar-refractivity contribution in [2.75, 3.05) is 0 Å². The van der Waals surface area contributed by atoms with E-state index in [0.29, 0.717) is 0 Å². The van der Waals surface area contributed by atoms with Crippen LogP contribution in [0.2, 0.25) is 0 Å². The molecule has 1 radical (unpaired) electrons. The number of aromatic amines is 2. The first kappa shape index (κ1) is 23.9. The van der Waals surface area contributed by atoms with Gasteiger partial charge in [-0.2, -0.15) is 0 Å². The lowest BCUT2D eigenvalue weighted by molar-refractivity contribution is 0.632. The van der Waals surface area contributed by atoms with Gasteiger partial charge in [-0.05, 0) is 35.9 Å². The number of fused-ring (bicyclic) bond motifs is 3. The lowest BCUT2D eigenvalue weighted by Crippen LogP contribution is -1.89. The third-order valence-corrected chi connectivity index (χ3v) is 8.81. The summed E-state index contributed by atoms with van der Waals surface area (Å²) in [7, 11) is 0. The number of furan rings is 1. The van der Waals surface area contributed by atoms with E-state index in [4.69, 9.17) is 4.42 Å². The minimum absolute atomic E-state index is 0.842. The second kappa shape index (κ2) is 9.92. The summed E-state index contributed by atoms with van der Waals surface area (Å²) in [6, 6.07) is 44.6. The van der Waals surface area contributed by atoms with Gasteiger partial charge < -0.3 is 14.4 Å². The number of thioether (sulfide) groups is 1. The van der Waals surface area contributed by atoms with Gasteiger partial charge in [0.05, 0.1) is 11.9 Å². The third-order valence-electron chi connectivity index (χ3n) is 7.66. The average molecular weight is 546 g/mol. The number of rotatable bonds is 6. The second-order valence-electron chi connectivity index (χ2n) is 10.2. The number of hydrogen-bond acceptors (Lipinski definition) is 2. The van der Waals surface area contributed by atoms with Gasteiger partial charge in [-0.1, -0.05) is 97.1 Å². The summed E-state index contributed by atoms with van der Waals surface area (Å²) in [5.41, 5.74) is 8.71. The molecule has 0 bridgehead atoms. The first-order chi connectivity index (χ1) is 20.3. The molecule has 3 aromatic heterocycles. The predicted molar refractivity (Wildman–Crippen MR) is 171 cm³/mol. The topological polar surface area (TPSA) is 44.7 Å². The van der Waals surface area contributed by atoms with Crippen LogP contribution in [0.4, 0.5) is 0 Å². The maximum absolute atomic E-state index is 6.55. The lowest BCUT2D eigenvalue weighted by atomic mass is 9.94. The summed E-state index contributed by atoms with van der Waals surface area (Å²) in [4.78, 5) is 8.41. The smallest absolute Gasteiger partial charge is 0.136 e. The highest BCUT2D eigenvalue weighted by molar-refractivity contribution is 7.98. The Bertz CT molecular complexity index is 2100. The first-order valence-corrected chi connectivity index (χ1v) is 14.7. The first-order valence-electron chi connectivity index (χ1n) is 13.7. The number of H-pyrrole nitrogens is 2. The molecule has 8 rings (SSSR count). The van der Waals surface area contributed by atoms with Gasteiger partial charge in [-0.15, -0.1) is 11.8 Å². The van der Waals surface area contributed by atoms with E-state index in [1.165, 1.54) is 15.8 Å². The summed E-state index contributed by atoms with van der Waals surface area (Å²) >= 11 is 1.85. The van der Waals surface area contributed by atoms with E-state index in [-0.39, 0.29) is 0 Å². The van der Waals surface area contributed by atoms with Gasteiger partial charge in [0.1, 0.15) is 11.3 Å². The molecule has 0 saturated heterocycles. The third kappa shape index (κ3) is 4.24. The van der Waals surface area contributed by atoms with E-state index >= 15 is 0 Å². The number of nitrogens with one attached hydrogen (secondary N) is 2. The van der Waals surface area contributed by atoms with Crippen molar-refractivity contribution in [2.45, 2.75) is 10.6 Å². The van der Waals surface area contributed by atoms with Crippen molar-refractivity contribution in [1.82, 2.24) is 9.97 Å². The van der Waals surface area contributed by atoms with Crippen LogP contribution in [0.25, 0.3) is 66.5 Å². The molecule has 3 heterocycles. The number of hydrogen-bond donors (Lipinski definition) is 2. The van der Waals surface area contributed by atoms with Gasteiger partial charge in [0.15, 0.2) is 0 Å². The van der Waals surface area contributed by atoms with E-state index < -0.39 is 0 Å². The van der Waals surface area contributed by atoms with Crippen LogP contribution in [0.3, 0.4) is 0 Å². The Kier molecular flexibility index (Phi) is 5.78. The monoisotopic (exact) mass is 545 g/mol. The Labute approximate surface area is 241 Å². The molecule has 0 unspecified atom stereocenters. The summed E-state index contributed by atoms with van der Waals surface area (Å²) < 4.78 is 6.55. The van der Waals surface area contributed by atoms with Crippen LogP contribution in [0.1, 0.15) is 5.56 Å². The highest BCUT2D eigenvalue weighted by atomic mass is 32.2. The molecule has 0 aliphatic carbocycles. The largest absolute Gasteiger partial charge is 0.456 e. The fraction of sp³-hybridized carbons (Fsp3) is 0.0270. The molecule has 8 aromatic rings. The molecule has 0 aliphatic heterocycles. The molecule has 0 saturated carbocycles. The molecular weight excluding hydrogens is 520 g/mol. The Hall–Kier alpha value is -4.93. The van der Waals surface area contributed by atoms with Crippen molar-refractivity contribution >= 4 is 44.4 Å². The Morgan fingerprint density at radius 3 is 2.34 bits per heavy atom. The van der Waals surface area contributed by atoms with Crippen LogP contribution in [-0.4, -0.2) is 9.97 Å². The number of para-hydroxylation sites is 2. The molecule has 3 nitrogen and oxygen atoms in total. The Balaban J connectivity index is 1.36. The van der Waals surface area contributed by atoms with Crippen LogP contribution >= 0.6 is 11.8 Å². The molecule has 4 heteroatoms. The van der Waals surface area contributed by atoms with E-state index in [9.17, 15) is 0 Å². The molecule has 0 amide bonds. The highest BCUT2D eigenvalue weighted by Crippen LogP contribution is 2.45. The summed E-state index contributed by atoms with van der Waals surface area (Å²) in [5.74, 6) is 1.74. The van der Waals surface area contributed by atoms with E-state index in [2.05, 4.69) is 131 Å². The highest BCUT2D eigenvalue weighted by Gasteiger charge is 2.22. The van der Waals surface area contributed by atoms with Gasteiger partial charge in [0.25, 0.3) is 0 Å². The fourth-order valence-corrected chi connectivity index (χ4v) is 6.71. The fourth-order valence-electron chi connectivity index (χ4n) is 5.70. The predicted octanol–water partition coefficient (Wildman–Crippen LogP) is 10.5. The van der Waals surface area contributed by atoms with Gasteiger partial charge in [0, 0.05) is 60.1 Å². The lowest BCUT2D eigenvalue weighted by Gasteiger charge is -2.13. The van der Waals surface area contributed by atoms with Crippen molar-refractivity contribution in [3.63, 3.8) is 0 Å². The molecular formula is C37H25N2OS. The zero-order valence-electron chi connectivity index (χ0n) is 22.1. The molecule has 195 valence electrons. The standard InChI is InChI=1S/C37H25N2OS/c1-2-10-24(11-3-1)23-41-34-17-9-6-14-29(34)37-35-27(22-38-37)18-19-28(31-20-25-12-4-7-15-30(25)39-31)36(35)33-21-26-13-5-8-16-32(26)40-33/h1-21,38-39H,23H2. The number of aromatic nitrogens is 2. The number of benzene rings is 5. The van der Waals surface area contributed by atoms with Gasteiger partial charge in [-0.3, -0.25) is 0 Å². The molecule has 0 fully saturated rings. The summed E-state index contributed by atoms with van der Waals surface area (Å²) in [6.07, 6.45) is 3.45. The van der Waals surface area contributed by atoms with Crippen LogP contribution in [0, 0.1) is 6.20 Å². The van der Waals surface area contributed by atoms with Gasteiger partial charge >= 0.3 is 0 Å². The Morgan fingerprint density at radius 2 is 1.46 bits per heavy atom. The van der Waals surface area contributed by atoms with Gasteiger partial charge in [-0.25, -0.2) is 0 Å². The zero-order chi connectivity index (χ0) is 27.2. The van der Waals surface area contributed by atoms with Crippen molar-refractivity contribution in [2.24, 2.45) is 0 Å². The minimum atomic E-state index is 0.842. The molecule has 0 aliphatic rings.